The predicted octanol–water partition coefficient (Wildman–Crippen LogP) is 4.22. The van der Waals surface area contributed by atoms with Crippen LogP contribution >= 0.6 is 11.6 Å². The minimum atomic E-state index is 0.785. The number of hydrogen-bond acceptors (Lipinski definition) is 2. The van der Waals surface area contributed by atoms with Gasteiger partial charge in [0, 0.05) is 23.2 Å². The summed E-state index contributed by atoms with van der Waals surface area (Å²) in [7, 11) is 0. The van der Waals surface area contributed by atoms with Crippen molar-refractivity contribution in [3.63, 3.8) is 0 Å². The summed E-state index contributed by atoms with van der Waals surface area (Å²) in [6.45, 7) is 1.75. The van der Waals surface area contributed by atoms with Gasteiger partial charge in [0.15, 0.2) is 0 Å². The maximum absolute atomic E-state index is 5.98. The highest BCUT2D eigenvalue weighted by Crippen LogP contribution is 2.16. The molecule has 0 spiro atoms. The van der Waals surface area contributed by atoms with Gasteiger partial charge in [0.25, 0.3) is 0 Å². The summed E-state index contributed by atoms with van der Waals surface area (Å²) in [6.07, 6.45) is 2.82. The highest BCUT2D eigenvalue weighted by Gasteiger charge is 2.01. The van der Waals surface area contributed by atoms with Gasteiger partial charge in [-0.15, -0.1) is 0 Å². The highest BCUT2D eigenvalue weighted by molar-refractivity contribution is 6.30. The largest absolute Gasteiger partial charge is 0.312 e. The van der Waals surface area contributed by atoms with Crippen LogP contribution in [0.4, 0.5) is 0 Å². The fraction of sp³-hybridized carbons (Fsp3) is 0.167. The van der Waals surface area contributed by atoms with E-state index in [0.29, 0.717) is 0 Å². The van der Waals surface area contributed by atoms with Crippen molar-refractivity contribution in [2.75, 3.05) is 6.54 Å². The SMILES string of the molecule is Clc1cccc(CNCCc2cccc3cccnc23)c1. The van der Waals surface area contributed by atoms with Crippen LogP contribution < -0.4 is 5.32 Å². The Morgan fingerprint density at radius 3 is 2.76 bits per heavy atom. The monoisotopic (exact) mass is 296 g/mol. The Kier molecular flexibility index (Phi) is 4.49. The van der Waals surface area contributed by atoms with Gasteiger partial charge in [-0.3, -0.25) is 4.98 Å². The Morgan fingerprint density at radius 1 is 1.00 bits per heavy atom. The lowest BCUT2D eigenvalue weighted by Gasteiger charge is -2.07. The van der Waals surface area contributed by atoms with E-state index >= 15 is 0 Å². The quantitative estimate of drug-likeness (QED) is 0.713. The van der Waals surface area contributed by atoms with Crippen LogP contribution in [0, 0.1) is 0 Å². The van der Waals surface area contributed by atoms with E-state index in [1.807, 2.05) is 30.5 Å². The second-order valence-electron chi connectivity index (χ2n) is 5.05. The molecule has 0 amide bonds. The molecule has 0 saturated carbocycles. The van der Waals surface area contributed by atoms with E-state index in [9.17, 15) is 0 Å². The molecule has 1 heterocycles. The van der Waals surface area contributed by atoms with E-state index in [-0.39, 0.29) is 0 Å². The number of fused-ring (bicyclic) bond motifs is 1. The van der Waals surface area contributed by atoms with Crippen LogP contribution in [-0.2, 0) is 13.0 Å². The fourth-order valence-corrected chi connectivity index (χ4v) is 2.68. The Morgan fingerprint density at radius 2 is 1.86 bits per heavy atom. The molecule has 3 rings (SSSR count). The zero-order valence-corrected chi connectivity index (χ0v) is 12.5. The molecule has 106 valence electrons. The molecule has 1 N–H and O–H groups in total. The summed E-state index contributed by atoms with van der Waals surface area (Å²) in [4.78, 5) is 4.48. The van der Waals surface area contributed by atoms with Crippen LogP contribution in [0.15, 0.2) is 60.8 Å². The highest BCUT2D eigenvalue weighted by atomic mass is 35.5. The van der Waals surface area contributed by atoms with E-state index in [2.05, 4.69) is 40.6 Å². The van der Waals surface area contributed by atoms with Crippen molar-refractivity contribution in [3.05, 3.63) is 76.9 Å². The summed E-state index contributed by atoms with van der Waals surface area (Å²) in [5, 5.41) is 5.44. The lowest BCUT2D eigenvalue weighted by molar-refractivity contribution is 0.688. The van der Waals surface area contributed by atoms with Gasteiger partial charge in [0.2, 0.25) is 0 Å². The molecule has 0 aliphatic heterocycles. The number of nitrogens with one attached hydrogen (secondary N) is 1. The molecule has 21 heavy (non-hydrogen) atoms. The summed E-state index contributed by atoms with van der Waals surface area (Å²) in [6, 6.07) is 18.4. The van der Waals surface area contributed by atoms with Crippen molar-refractivity contribution in [3.8, 4) is 0 Å². The van der Waals surface area contributed by atoms with Crippen molar-refractivity contribution in [1.82, 2.24) is 10.3 Å². The molecule has 3 heteroatoms. The first kappa shape index (κ1) is 14.1. The first-order valence-corrected chi connectivity index (χ1v) is 7.48. The standard InChI is InChI=1S/C18H17ClN2/c19-17-8-1-4-14(12-17)13-20-11-9-16-6-2-5-15-7-3-10-21-18(15)16/h1-8,10,12,20H,9,11,13H2. The van der Waals surface area contributed by atoms with Crippen molar-refractivity contribution >= 4 is 22.5 Å². The second kappa shape index (κ2) is 6.70. The first-order valence-electron chi connectivity index (χ1n) is 7.11. The van der Waals surface area contributed by atoms with Gasteiger partial charge in [0.1, 0.15) is 0 Å². The molecule has 0 fully saturated rings. The second-order valence-corrected chi connectivity index (χ2v) is 5.49. The van der Waals surface area contributed by atoms with Gasteiger partial charge >= 0.3 is 0 Å². The van der Waals surface area contributed by atoms with Crippen molar-refractivity contribution in [2.24, 2.45) is 0 Å². The molecule has 0 unspecified atom stereocenters. The molecule has 0 bridgehead atoms. The Labute approximate surface area is 129 Å². The number of hydrogen-bond donors (Lipinski definition) is 1. The summed E-state index contributed by atoms with van der Waals surface area (Å²) in [5.41, 5.74) is 3.59. The van der Waals surface area contributed by atoms with Gasteiger partial charge in [-0.2, -0.15) is 0 Å². The number of para-hydroxylation sites is 1. The molecule has 0 aliphatic rings. The van der Waals surface area contributed by atoms with E-state index in [1.165, 1.54) is 16.5 Å². The van der Waals surface area contributed by atoms with Crippen LogP contribution in [0.2, 0.25) is 5.02 Å². The number of benzene rings is 2. The third-order valence-corrected chi connectivity index (χ3v) is 3.74. The van der Waals surface area contributed by atoms with Gasteiger partial charge in [-0.05, 0) is 42.3 Å². The van der Waals surface area contributed by atoms with Crippen LogP contribution in [0.5, 0.6) is 0 Å². The molecule has 0 radical (unpaired) electrons. The molecular formula is C18H17ClN2. The van der Waals surface area contributed by atoms with E-state index in [0.717, 1.165) is 30.0 Å². The zero-order valence-electron chi connectivity index (χ0n) is 11.7. The summed E-state index contributed by atoms with van der Waals surface area (Å²) >= 11 is 5.98. The van der Waals surface area contributed by atoms with Gasteiger partial charge in [-0.25, -0.2) is 0 Å². The lowest BCUT2D eigenvalue weighted by atomic mass is 10.1. The third-order valence-electron chi connectivity index (χ3n) is 3.51. The topological polar surface area (TPSA) is 24.9 Å². The van der Waals surface area contributed by atoms with E-state index in [1.54, 1.807) is 0 Å². The average Bonchev–Trinajstić information content (AvgIpc) is 2.52. The lowest BCUT2D eigenvalue weighted by Crippen LogP contribution is -2.16. The number of rotatable bonds is 5. The maximum Gasteiger partial charge on any atom is 0.0734 e. The van der Waals surface area contributed by atoms with Crippen LogP contribution in [-0.4, -0.2) is 11.5 Å². The third kappa shape index (κ3) is 3.60. The number of nitrogens with zero attached hydrogens (tertiary/aromatic N) is 1. The smallest absolute Gasteiger partial charge is 0.0734 e. The van der Waals surface area contributed by atoms with E-state index < -0.39 is 0 Å². The van der Waals surface area contributed by atoms with Crippen LogP contribution in [0.3, 0.4) is 0 Å². The minimum Gasteiger partial charge on any atom is -0.312 e. The summed E-state index contributed by atoms with van der Waals surface area (Å²) in [5.74, 6) is 0. The summed E-state index contributed by atoms with van der Waals surface area (Å²) < 4.78 is 0. The van der Waals surface area contributed by atoms with Gasteiger partial charge < -0.3 is 5.32 Å². The van der Waals surface area contributed by atoms with Crippen molar-refractivity contribution in [2.45, 2.75) is 13.0 Å². The molecule has 0 atom stereocenters. The maximum atomic E-state index is 5.98. The number of halogens is 1. The fourth-order valence-electron chi connectivity index (χ4n) is 2.47. The zero-order chi connectivity index (χ0) is 14.5. The predicted molar refractivity (Wildman–Crippen MR) is 88.6 cm³/mol. The minimum absolute atomic E-state index is 0.785. The number of aromatic nitrogens is 1. The molecule has 2 aromatic carbocycles. The average molecular weight is 297 g/mol. The Balaban J connectivity index is 1.60. The molecule has 2 nitrogen and oxygen atoms in total. The van der Waals surface area contributed by atoms with Gasteiger partial charge in [0.05, 0.1) is 5.52 Å². The first-order chi connectivity index (χ1) is 10.3. The molecule has 3 aromatic rings. The van der Waals surface area contributed by atoms with Crippen LogP contribution in [0.25, 0.3) is 10.9 Å². The molecule has 1 aromatic heterocycles. The van der Waals surface area contributed by atoms with Crippen molar-refractivity contribution in [1.29, 1.82) is 0 Å². The molecule has 0 aliphatic carbocycles. The van der Waals surface area contributed by atoms with Gasteiger partial charge in [-0.1, -0.05) is 48.0 Å². The Hall–Kier alpha value is -1.90. The van der Waals surface area contributed by atoms with Crippen LogP contribution in [0.1, 0.15) is 11.1 Å². The normalized spacial score (nSPS) is 10.9. The van der Waals surface area contributed by atoms with E-state index in [4.69, 9.17) is 11.6 Å². The Bertz CT molecular complexity index is 735. The van der Waals surface area contributed by atoms with Crippen molar-refractivity contribution < 1.29 is 0 Å². The number of pyridine rings is 1. The molecular weight excluding hydrogens is 280 g/mol. The molecule has 0 saturated heterocycles.